The normalized spacial score (nSPS) is 12.7. The Morgan fingerprint density at radius 1 is 1.39 bits per heavy atom. The predicted molar refractivity (Wildman–Crippen MR) is 74.7 cm³/mol. The van der Waals surface area contributed by atoms with Gasteiger partial charge in [0.05, 0.1) is 13.0 Å². The fraction of sp³-hybridized carbons (Fsp3) is 0.438. The molecule has 0 aliphatic heterocycles. The number of ether oxygens (including phenoxy) is 1. The van der Waals surface area contributed by atoms with E-state index in [0.29, 0.717) is 13.0 Å². The number of aryl methyl sites for hydroxylation is 2. The van der Waals surface area contributed by atoms with Crippen molar-refractivity contribution in [2.24, 2.45) is 0 Å². The Bertz CT molecular complexity index is 433. The molecule has 1 unspecified atom stereocenters. The standard InChI is InChI=1S/C16H22O2/c1-5-7-14(11-16(17)18-6-2)15-10-12(3)8-9-13(15)4/h5,7-10,14H,6,11H2,1-4H3. The minimum absolute atomic E-state index is 0.106. The number of hydrogen-bond acceptors (Lipinski definition) is 2. The highest BCUT2D eigenvalue weighted by Crippen LogP contribution is 2.26. The summed E-state index contributed by atoms with van der Waals surface area (Å²) in [6.07, 6.45) is 4.47. The minimum Gasteiger partial charge on any atom is -0.466 e. The Labute approximate surface area is 110 Å². The lowest BCUT2D eigenvalue weighted by molar-refractivity contribution is -0.143. The van der Waals surface area contributed by atoms with Crippen LogP contribution in [-0.4, -0.2) is 12.6 Å². The molecule has 0 aliphatic carbocycles. The van der Waals surface area contributed by atoms with E-state index in [0.717, 1.165) is 0 Å². The van der Waals surface area contributed by atoms with Gasteiger partial charge in [0.15, 0.2) is 0 Å². The first-order valence-corrected chi connectivity index (χ1v) is 6.44. The van der Waals surface area contributed by atoms with Crippen LogP contribution in [0.4, 0.5) is 0 Å². The topological polar surface area (TPSA) is 26.3 Å². The van der Waals surface area contributed by atoms with Crippen molar-refractivity contribution in [3.63, 3.8) is 0 Å². The molecule has 2 heteroatoms. The summed E-state index contributed by atoms with van der Waals surface area (Å²) in [5, 5.41) is 0. The van der Waals surface area contributed by atoms with Gasteiger partial charge in [0.2, 0.25) is 0 Å². The van der Waals surface area contributed by atoms with Gasteiger partial charge >= 0.3 is 5.97 Å². The quantitative estimate of drug-likeness (QED) is 0.581. The second kappa shape index (κ2) is 7.00. The van der Waals surface area contributed by atoms with Crippen molar-refractivity contribution >= 4 is 5.97 Å². The maximum atomic E-state index is 11.6. The molecular formula is C16H22O2. The predicted octanol–water partition coefficient (Wildman–Crippen LogP) is 3.92. The van der Waals surface area contributed by atoms with Gasteiger partial charge in [-0.3, -0.25) is 4.79 Å². The van der Waals surface area contributed by atoms with Crippen molar-refractivity contribution in [1.82, 2.24) is 0 Å². The number of carbonyl (C=O) groups is 1. The maximum absolute atomic E-state index is 11.6. The van der Waals surface area contributed by atoms with Crippen LogP contribution in [-0.2, 0) is 9.53 Å². The van der Waals surface area contributed by atoms with Gasteiger partial charge in [0.1, 0.15) is 0 Å². The molecule has 0 fully saturated rings. The summed E-state index contributed by atoms with van der Waals surface area (Å²) in [6, 6.07) is 6.35. The Kier molecular flexibility index (Phi) is 5.63. The molecule has 0 spiro atoms. The van der Waals surface area contributed by atoms with Gasteiger partial charge in [-0.2, -0.15) is 0 Å². The van der Waals surface area contributed by atoms with Crippen molar-refractivity contribution in [2.45, 2.75) is 40.0 Å². The number of esters is 1. The van der Waals surface area contributed by atoms with Crippen LogP contribution in [0.15, 0.2) is 30.4 Å². The van der Waals surface area contributed by atoms with E-state index in [-0.39, 0.29) is 11.9 Å². The number of hydrogen-bond donors (Lipinski definition) is 0. The van der Waals surface area contributed by atoms with Crippen molar-refractivity contribution in [2.75, 3.05) is 6.61 Å². The molecule has 98 valence electrons. The van der Waals surface area contributed by atoms with Gasteiger partial charge in [-0.1, -0.05) is 35.9 Å². The second-order valence-corrected chi connectivity index (χ2v) is 4.50. The third kappa shape index (κ3) is 4.02. The van der Waals surface area contributed by atoms with E-state index < -0.39 is 0 Å². The molecule has 1 atom stereocenters. The van der Waals surface area contributed by atoms with Gasteiger partial charge in [-0.25, -0.2) is 0 Å². The zero-order chi connectivity index (χ0) is 13.5. The van der Waals surface area contributed by atoms with Gasteiger partial charge in [-0.15, -0.1) is 0 Å². The summed E-state index contributed by atoms with van der Waals surface area (Å²) in [7, 11) is 0. The maximum Gasteiger partial charge on any atom is 0.306 e. The lowest BCUT2D eigenvalue weighted by atomic mass is 9.90. The van der Waals surface area contributed by atoms with E-state index in [9.17, 15) is 4.79 Å². The van der Waals surface area contributed by atoms with Crippen molar-refractivity contribution < 1.29 is 9.53 Å². The first-order valence-electron chi connectivity index (χ1n) is 6.44. The van der Waals surface area contributed by atoms with E-state index in [4.69, 9.17) is 4.74 Å². The summed E-state index contributed by atoms with van der Waals surface area (Å²) in [6.45, 7) is 8.40. The Morgan fingerprint density at radius 3 is 2.72 bits per heavy atom. The lowest BCUT2D eigenvalue weighted by Gasteiger charge is -2.16. The summed E-state index contributed by atoms with van der Waals surface area (Å²) in [5.41, 5.74) is 3.64. The third-order valence-electron chi connectivity index (χ3n) is 2.95. The average Bonchev–Trinajstić information content (AvgIpc) is 2.32. The molecule has 18 heavy (non-hydrogen) atoms. The van der Waals surface area contributed by atoms with Gasteiger partial charge in [0.25, 0.3) is 0 Å². The molecular weight excluding hydrogens is 224 g/mol. The van der Waals surface area contributed by atoms with Gasteiger partial charge < -0.3 is 4.74 Å². The second-order valence-electron chi connectivity index (χ2n) is 4.50. The van der Waals surface area contributed by atoms with Crippen molar-refractivity contribution in [3.8, 4) is 0 Å². The van der Waals surface area contributed by atoms with Crippen LogP contribution >= 0.6 is 0 Å². The Morgan fingerprint density at radius 2 is 2.11 bits per heavy atom. The van der Waals surface area contributed by atoms with Crippen LogP contribution in [0.25, 0.3) is 0 Å². The highest BCUT2D eigenvalue weighted by atomic mass is 16.5. The Hall–Kier alpha value is -1.57. The number of carbonyl (C=O) groups excluding carboxylic acids is 1. The third-order valence-corrected chi connectivity index (χ3v) is 2.95. The minimum atomic E-state index is -0.137. The summed E-state index contributed by atoms with van der Waals surface area (Å²) in [4.78, 5) is 11.6. The number of benzene rings is 1. The molecule has 1 aromatic carbocycles. The highest BCUT2D eigenvalue weighted by Gasteiger charge is 2.16. The lowest BCUT2D eigenvalue weighted by Crippen LogP contribution is -2.10. The van der Waals surface area contributed by atoms with Crippen LogP contribution in [0.2, 0.25) is 0 Å². The van der Waals surface area contributed by atoms with Crippen LogP contribution in [0.1, 0.15) is 42.9 Å². The summed E-state index contributed by atoms with van der Waals surface area (Å²) >= 11 is 0. The molecule has 0 bridgehead atoms. The summed E-state index contributed by atoms with van der Waals surface area (Å²) in [5.74, 6) is -0.0320. The highest BCUT2D eigenvalue weighted by molar-refractivity contribution is 5.71. The number of rotatable bonds is 5. The van der Waals surface area contributed by atoms with E-state index in [1.54, 1.807) is 0 Å². The van der Waals surface area contributed by atoms with Crippen LogP contribution < -0.4 is 0 Å². The van der Waals surface area contributed by atoms with E-state index in [1.165, 1.54) is 16.7 Å². The van der Waals surface area contributed by atoms with E-state index in [2.05, 4.69) is 38.1 Å². The number of allylic oxidation sites excluding steroid dienone is 2. The molecule has 1 aromatic rings. The largest absolute Gasteiger partial charge is 0.466 e. The molecule has 0 amide bonds. The zero-order valence-electron chi connectivity index (χ0n) is 11.7. The molecule has 2 nitrogen and oxygen atoms in total. The van der Waals surface area contributed by atoms with E-state index >= 15 is 0 Å². The monoisotopic (exact) mass is 246 g/mol. The molecule has 1 rings (SSSR count). The molecule has 0 heterocycles. The Balaban J connectivity index is 2.97. The van der Waals surface area contributed by atoms with Gasteiger partial charge in [-0.05, 0) is 38.8 Å². The molecule has 0 saturated heterocycles. The summed E-state index contributed by atoms with van der Waals surface area (Å²) < 4.78 is 5.04. The first-order chi connectivity index (χ1) is 8.58. The molecule has 0 aliphatic rings. The zero-order valence-corrected chi connectivity index (χ0v) is 11.7. The van der Waals surface area contributed by atoms with Crippen molar-refractivity contribution in [3.05, 3.63) is 47.0 Å². The average molecular weight is 246 g/mol. The fourth-order valence-corrected chi connectivity index (χ4v) is 2.07. The fourth-order valence-electron chi connectivity index (χ4n) is 2.07. The molecule has 0 saturated carbocycles. The smallest absolute Gasteiger partial charge is 0.306 e. The molecule has 0 radical (unpaired) electrons. The van der Waals surface area contributed by atoms with E-state index in [1.807, 2.05) is 19.9 Å². The van der Waals surface area contributed by atoms with Crippen molar-refractivity contribution in [1.29, 1.82) is 0 Å². The van der Waals surface area contributed by atoms with Crippen LogP contribution in [0, 0.1) is 13.8 Å². The first kappa shape index (κ1) is 14.5. The van der Waals surface area contributed by atoms with Crippen LogP contribution in [0.3, 0.4) is 0 Å². The molecule has 0 N–H and O–H groups in total. The van der Waals surface area contributed by atoms with Gasteiger partial charge in [0, 0.05) is 5.92 Å². The molecule has 0 aromatic heterocycles. The SMILES string of the molecule is CC=CC(CC(=O)OCC)c1cc(C)ccc1C. The van der Waals surface area contributed by atoms with Crippen LogP contribution in [0.5, 0.6) is 0 Å².